The lowest BCUT2D eigenvalue weighted by molar-refractivity contribution is -0.120. The summed E-state index contributed by atoms with van der Waals surface area (Å²) in [5.74, 6) is 0.913. The van der Waals surface area contributed by atoms with Crippen LogP contribution in [0.15, 0.2) is 24.3 Å². The molecule has 0 saturated carbocycles. The summed E-state index contributed by atoms with van der Waals surface area (Å²) in [5.41, 5.74) is 4.12. The van der Waals surface area contributed by atoms with Crippen LogP contribution in [0.3, 0.4) is 0 Å². The number of benzene rings is 1. The van der Waals surface area contributed by atoms with Crippen molar-refractivity contribution in [2.24, 2.45) is 7.05 Å². The minimum absolute atomic E-state index is 0.0355. The molecule has 1 amide bonds. The van der Waals surface area contributed by atoms with Crippen LogP contribution < -0.4 is 10.1 Å². The second-order valence-electron chi connectivity index (χ2n) is 7.25. The summed E-state index contributed by atoms with van der Waals surface area (Å²) in [6.45, 7) is 6.65. The molecule has 1 aromatic heterocycles. The predicted molar refractivity (Wildman–Crippen MR) is 106 cm³/mol. The molecule has 6 heteroatoms. The number of carbonyl (C=O) groups excluding carboxylic acids is 1. The van der Waals surface area contributed by atoms with Crippen LogP contribution in [0.5, 0.6) is 5.75 Å². The van der Waals surface area contributed by atoms with E-state index in [4.69, 9.17) is 4.74 Å². The Morgan fingerprint density at radius 3 is 2.59 bits per heavy atom. The molecule has 0 bridgehead atoms. The number of rotatable bonds is 7. The Bertz CT molecular complexity index is 793. The van der Waals surface area contributed by atoms with E-state index < -0.39 is 0 Å². The van der Waals surface area contributed by atoms with E-state index in [2.05, 4.69) is 21.4 Å². The second-order valence-corrected chi connectivity index (χ2v) is 7.25. The van der Waals surface area contributed by atoms with Crippen molar-refractivity contribution in [2.45, 2.75) is 39.2 Å². The highest BCUT2D eigenvalue weighted by molar-refractivity contribution is 5.79. The fourth-order valence-corrected chi connectivity index (χ4v) is 3.94. The van der Waals surface area contributed by atoms with Gasteiger partial charge in [-0.25, -0.2) is 0 Å². The van der Waals surface area contributed by atoms with Gasteiger partial charge in [-0.05, 0) is 45.8 Å². The van der Waals surface area contributed by atoms with Crippen molar-refractivity contribution >= 4 is 5.91 Å². The van der Waals surface area contributed by atoms with Crippen LogP contribution in [-0.4, -0.2) is 47.3 Å². The van der Waals surface area contributed by atoms with Gasteiger partial charge in [0.05, 0.1) is 25.3 Å². The number of hydrogen-bond donors (Lipinski definition) is 1. The largest absolute Gasteiger partial charge is 0.496 e. The van der Waals surface area contributed by atoms with E-state index in [1.54, 1.807) is 7.11 Å². The van der Waals surface area contributed by atoms with Crippen LogP contribution in [0.1, 0.15) is 41.4 Å². The van der Waals surface area contributed by atoms with Gasteiger partial charge in [0.15, 0.2) is 0 Å². The first kappa shape index (κ1) is 19.4. The van der Waals surface area contributed by atoms with Crippen molar-refractivity contribution < 1.29 is 9.53 Å². The number of nitrogens with zero attached hydrogens (tertiary/aromatic N) is 3. The van der Waals surface area contributed by atoms with Crippen molar-refractivity contribution in [3.63, 3.8) is 0 Å². The van der Waals surface area contributed by atoms with Crippen LogP contribution in [-0.2, 0) is 18.3 Å². The van der Waals surface area contributed by atoms with Crippen LogP contribution in [0, 0.1) is 13.8 Å². The van der Waals surface area contributed by atoms with Crippen LogP contribution in [0.25, 0.3) is 0 Å². The Labute approximate surface area is 161 Å². The Morgan fingerprint density at radius 2 is 1.96 bits per heavy atom. The zero-order chi connectivity index (χ0) is 19.4. The normalized spacial score (nSPS) is 15.7. The standard InChI is InChI=1S/C21H30N4O2/c1-15-18(16(2)24(3)23-15)13-21(26)22-14-19(25-11-7-8-12-25)17-9-5-6-10-20(17)27-4/h5-6,9-10,19H,7-8,11-14H2,1-4H3,(H,22,26)/t19-/m1/s1. The maximum absolute atomic E-state index is 12.6. The van der Waals surface area contributed by atoms with E-state index >= 15 is 0 Å². The number of hydrogen-bond acceptors (Lipinski definition) is 4. The number of likely N-dealkylation sites (tertiary alicyclic amines) is 1. The highest BCUT2D eigenvalue weighted by Crippen LogP contribution is 2.31. The lowest BCUT2D eigenvalue weighted by Gasteiger charge is -2.29. The number of aryl methyl sites for hydroxylation is 2. The first-order valence-electron chi connectivity index (χ1n) is 9.64. The Balaban J connectivity index is 1.72. The number of amides is 1. The van der Waals surface area contributed by atoms with Crippen LogP contribution in [0.2, 0.25) is 0 Å². The molecule has 6 nitrogen and oxygen atoms in total. The lowest BCUT2D eigenvalue weighted by atomic mass is 10.0. The molecule has 1 aliphatic rings. The molecular weight excluding hydrogens is 340 g/mol. The molecule has 0 radical (unpaired) electrons. The molecule has 1 atom stereocenters. The molecule has 0 aliphatic carbocycles. The van der Waals surface area contributed by atoms with Gasteiger partial charge < -0.3 is 10.1 Å². The van der Waals surface area contributed by atoms with Gasteiger partial charge in [-0.3, -0.25) is 14.4 Å². The summed E-state index contributed by atoms with van der Waals surface area (Å²) in [4.78, 5) is 15.1. The van der Waals surface area contributed by atoms with Crippen LogP contribution >= 0.6 is 0 Å². The first-order valence-corrected chi connectivity index (χ1v) is 9.64. The van der Waals surface area contributed by atoms with E-state index in [1.807, 2.05) is 43.8 Å². The fourth-order valence-electron chi connectivity index (χ4n) is 3.94. The second kappa shape index (κ2) is 8.57. The summed E-state index contributed by atoms with van der Waals surface area (Å²) < 4.78 is 7.41. The van der Waals surface area contributed by atoms with Crippen molar-refractivity contribution in [1.82, 2.24) is 20.0 Å². The van der Waals surface area contributed by atoms with Crippen molar-refractivity contribution in [1.29, 1.82) is 0 Å². The maximum atomic E-state index is 12.6. The molecule has 1 aliphatic heterocycles. The summed E-state index contributed by atoms with van der Waals surface area (Å²) in [6.07, 6.45) is 2.77. The average Bonchev–Trinajstić information content (AvgIpc) is 3.27. The van der Waals surface area contributed by atoms with E-state index in [1.165, 1.54) is 12.8 Å². The summed E-state index contributed by atoms with van der Waals surface area (Å²) in [5, 5.41) is 7.55. The van der Waals surface area contributed by atoms with E-state index in [0.29, 0.717) is 13.0 Å². The number of methoxy groups -OCH3 is 1. The van der Waals surface area contributed by atoms with Gasteiger partial charge in [-0.1, -0.05) is 18.2 Å². The molecular formula is C21H30N4O2. The average molecular weight is 370 g/mol. The lowest BCUT2D eigenvalue weighted by Crippen LogP contribution is -2.37. The summed E-state index contributed by atoms with van der Waals surface area (Å²) in [7, 11) is 3.61. The van der Waals surface area contributed by atoms with Gasteiger partial charge >= 0.3 is 0 Å². The fraction of sp³-hybridized carbons (Fsp3) is 0.524. The highest BCUT2D eigenvalue weighted by atomic mass is 16.5. The number of nitrogens with one attached hydrogen (secondary N) is 1. The van der Waals surface area contributed by atoms with Crippen molar-refractivity contribution in [3.8, 4) is 5.75 Å². The highest BCUT2D eigenvalue weighted by Gasteiger charge is 2.26. The molecule has 0 spiro atoms. The topological polar surface area (TPSA) is 59.4 Å². The van der Waals surface area contributed by atoms with Gasteiger partial charge in [0.25, 0.3) is 0 Å². The monoisotopic (exact) mass is 370 g/mol. The van der Waals surface area contributed by atoms with Gasteiger partial charge in [0.2, 0.25) is 5.91 Å². The molecule has 146 valence electrons. The first-order chi connectivity index (χ1) is 13.0. The van der Waals surface area contributed by atoms with E-state index in [0.717, 1.165) is 41.4 Å². The van der Waals surface area contributed by atoms with Gasteiger partial charge in [0.1, 0.15) is 5.75 Å². The molecule has 0 unspecified atom stereocenters. The minimum atomic E-state index is 0.0355. The van der Waals surface area contributed by atoms with Crippen molar-refractivity contribution in [3.05, 3.63) is 46.8 Å². The predicted octanol–water partition coefficient (Wildman–Crippen LogP) is 2.54. The molecule has 2 aromatic rings. The number of ether oxygens (including phenoxy) is 1. The quantitative estimate of drug-likeness (QED) is 0.814. The van der Waals surface area contributed by atoms with Crippen LogP contribution in [0.4, 0.5) is 0 Å². The third-order valence-electron chi connectivity index (χ3n) is 5.57. The Hall–Kier alpha value is -2.34. The Morgan fingerprint density at radius 1 is 1.26 bits per heavy atom. The van der Waals surface area contributed by atoms with Gasteiger partial charge in [-0.15, -0.1) is 0 Å². The molecule has 27 heavy (non-hydrogen) atoms. The maximum Gasteiger partial charge on any atom is 0.224 e. The molecule has 1 aromatic carbocycles. The van der Waals surface area contributed by atoms with E-state index in [9.17, 15) is 4.79 Å². The minimum Gasteiger partial charge on any atom is -0.496 e. The third-order valence-corrected chi connectivity index (χ3v) is 5.57. The van der Waals surface area contributed by atoms with Gasteiger partial charge in [-0.2, -0.15) is 5.10 Å². The smallest absolute Gasteiger partial charge is 0.224 e. The molecule has 1 fully saturated rings. The zero-order valence-electron chi connectivity index (χ0n) is 16.8. The number of para-hydroxylation sites is 1. The third kappa shape index (κ3) is 4.33. The van der Waals surface area contributed by atoms with Gasteiger partial charge in [0, 0.05) is 30.4 Å². The molecule has 3 rings (SSSR count). The SMILES string of the molecule is COc1ccccc1[C@@H](CNC(=O)Cc1c(C)nn(C)c1C)N1CCCC1. The number of carbonyl (C=O) groups is 1. The van der Waals surface area contributed by atoms with E-state index in [-0.39, 0.29) is 11.9 Å². The molecule has 1 N–H and O–H groups in total. The summed E-state index contributed by atoms with van der Waals surface area (Å²) >= 11 is 0. The number of aromatic nitrogens is 2. The molecule has 2 heterocycles. The molecule has 1 saturated heterocycles. The zero-order valence-corrected chi connectivity index (χ0v) is 16.8. The Kier molecular flexibility index (Phi) is 6.16. The summed E-state index contributed by atoms with van der Waals surface area (Å²) in [6, 6.07) is 8.23. The van der Waals surface area contributed by atoms with Crippen molar-refractivity contribution in [2.75, 3.05) is 26.7 Å².